The van der Waals surface area contributed by atoms with E-state index in [1.54, 1.807) is 0 Å². The predicted octanol–water partition coefficient (Wildman–Crippen LogP) is 0.585. The van der Waals surface area contributed by atoms with Crippen molar-refractivity contribution >= 4 is 5.91 Å². The molecule has 1 heterocycles. The summed E-state index contributed by atoms with van der Waals surface area (Å²) in [5, 5.41) is 0. The number of amides is 1. The zero-order valence-electron chi connectivity index (χ0n) is 10.4. The van der Waals surface area contributed by atoms with Gasteiger partial charge in [-0.15, -0.1) is 0 Å². The maximum absolute atomic E-state index is 12.3. The summed E-state index contributed by atoms with van der Waals surface area (Å²) in [7, 11) is 0. The summed E-state index contributed by atoms with van der Waals surface area (Å²) < 4.78 is 5.26. The third kappa shape index (κ3) is 2.13. The molecule has 3 rings (SSSR count). The highest BCUT2D eigenvalue weighted by Crippen LogP contribution is 2.23. The van der Waals surface area contributed by atoms with Gasteiger partial charge in [0.25, 0.3) is 5.91 Å². The lowest BCUT2D eigenvalue weighted by Gasteiger charge is -2.27. The molecule has 1 saturated heterocycles. The molecule has 1 unspecified atom stereocenters. The maximum Gasteiger partial charge on any atom is 0.254 e. The fourth-order valence-corrected chi connectivity index (χ4v) is 2.73. The number of nitrogens with zero attached hydrogens (tertiary/aromatic N) is 1. The van der Waals surface area contributed by atoms with Gasteiger partial charge in [-0.25, -0.2) is 0 Å². The quantitative estimate of drug-likeness (QED) is 0.789. The standard InChI is InChI=1S/C14H18N2O2/c15-13-8-10-1-2-11(7-12(10)9-13)14(17)16-3-5-18-6-4-16/h1-2,7,13H,3-6,8-9,15H2. The molecule has 1 amide bonds. The van der Waals surface area contributed by atoms with E-state index < -0.39 is 0 Å². The number of carbonyl (C=O) groups is 1. The van der Waals surface area contributed by atoms with Gasteiger partial charge in [0, 0.05) is 24.7 Å². The number of hydrogen-bond donors (Lipinski definition) is 1. The van der Waals surface area contributed by atoms with Crippen LogP contribution in [-0.4, -0.2) is 43.2 Å². The first-order valence-corrected chi connectivity index (χ1v) is 6.48. The second-order valence-electron chi connectivity index (χ2n) is 5.06. The Balaban J connectivity index is 1.80. The fourth-order valence-electron chi connectivity index (χ4n) is 2.73. The number of benzene rings is 1. The molecule has 0 bridgehead atoms. The van der Waals surface area contributed by atoms with Crippen LogP contribution in [0.2, 0.25) is 0 Å². The third-order valence-corrected chi connectivity index (χ3v) is 3.72. The average Bonchev–Trinajstić information content (AvgIpc) is 2.78. The fraction of sp³-hybridized carbons (Fsp3) is 0.500. The highest BCUT2D eigenvalue weighted by atomic mass is 16.5. The Morgan fingerprint density at radius 3 is 2.72 bits per heavy atom. The van der Waals surface area contributed by atoms with E-state index in [1.807, 2.05) is 17.0 Å². The first-order valence-electron chi connectivity index (χ1n) is 6.48. The molecule has 18 heavy (non-hydrogen) atoms. The number of ether oxygens (including phenoxy) is 1. The van der Waals surface area contributed by atoms with Crippen LogP contribution >= 0.6 is 0 Å². The minimum Gasteiger partial charge on any atom is -0.378 e. The van der Waals surface area contributed by atoms with Crippen LogP contribution in [0.15, 0.2) is 18.2 Å². The second-order valence-corrected chi connectivity index (χ2v) is 5.06. The Kier molecular flexibility index (Phi) is 3.06. The van der Waals surface area contributed by atoms with E-state index in [0.717, 1.165) is 18.4 Å². The molecule has 1 aromatic rings. The predicted molar refractivity (Wildman–Crippen MR) is 68.5 cm³/mol. The van der Waals surface area contributed by atoms with Gasteiger partial charge in [0.2, 0.25) is 0 Å². The second kappa shape index (κ2) is 4.71. The lowest BCUT2D eigenvalue weighted by Crippen LogP contribution is -2.40. The van der Waals surface area contributed by atoms with Crippen molar-refractivity contribution in [1.29, 1.82) is 0 Å². The molecule has 1 atom stereocenters. The van der Waals surface area contributed by atoms with Crippen LogP contribution in [0, 0.1) is 0 Å². The number of morpholine rings is 1. The third-order valence-electron chi connectivity index (χ3n) is 3.72. The van der Waals surface area contributed by atoms with E-state index in [0.29, 0.717) is 26.3 Å². The van der Waals surface area contributed by atoms with Gasteiger partial charge in [-0.2, -0.15) is 0 Å². The van der Waals surface area contributed by atoms with E-state index in [2.05, 4.69) is 6.07 Å². The summed E-state index contributed by atoms with van der Waals surface area (Å²) in [6.45, 7) is 2.66. The Morgan fingerprint density at radius 2 is 1.94 bits per heavy atom. The molecule has 1 fully saturated rings. The minimum atomic E-state index is 0.113. The summed E-state index contributed by atoms with van der Waals surface area (Å²) in [5.74, 6) is 0.113. The minimum absolute atomic E-state index is 0.113. The van der Waals surface area contributed by atoms with E-state index in [-0.39, 0.29) is 11.9 Å². The molecular formula is C14H18N2O2. The van der Waals surface area contributed by atoms with Crippen LogP contribution in [0.25, 0.3) is 0 Å². The Bertz CT molecular complexity index is 467. The normalized spacial score (nSPS) is 22.9. The molecule has 2 aliphatic rings. The lowest BCUT2D eigenvalue weighted by atomic mass is 10.1. The van der Waals surface area contributed by atoms with Crippen molar-refractivity contribution in [2.45, 2.75) is 18.9 Å². The lowest BCUT2D eigenvalue weighted by molar-refractivity contribution is 0.0303. The van der Waals surface area contributed by atoms with E-state index in [1.165, 1.54) is 11.1 Å². The van der Waals surface area contributed by atoms with Crippen LogP contribution in [0.5, 0.6) is 0 Å². The van der Waals surface area contributed by atoms with Crippen molar-refractivity contribution in [1.82, 2.24) is 4.90 Å². The Labute approximate surface area is 107 Å². The Morgan fingerprint density at radius 1 is 1.22 bits per heavy atom. The molecule has 4 nitrogen and oxygen atoms in total. The number of carbonyl (C=O) groups excluding carboxylic acids is 1. The number of rotatable bonds is 1. The summed E-state index contributed by atoms with van der Waals surface area (Å²) in [5.41, 5.74) is 9.25. The monoisotopic (exact) mass is 246 g/mol. The summed E-state index contributed by atoms with van der Waals surface area (Å²) in [4.78, 5) is 14.2. The van der Waals surface area contributed by atoms with Crippen LogP contribution < -0.4 is 5.73 Å². The molecule has 0 spiro atoms. The molecule has 0 aromatic heterocycles. The number of nitrogens with two attached hydrogens (primary N) is 1. The SMILES string of the molecule is NC1Cc2ccc(C(=O)N3CCOCC3)cc2C1. The van der Waals surface area contributed by atoms with Gasteiger partial charge in [-0.1, -0.05) is 6.07 Å². The van der Waals surface area contributed by atoms with E-state index in [4.69, 9.17) is 10.5 Å². The van der Waals surface area contributed by atoms with Gasteiger partial charge < -0.3 is 15.4 Å². The van der Waals surface area contributed by atoms with Crippen molar-refractivity contribution in [3.8, 4) is 0 Å². The van der Waals surface area contributed by atoms with Gasteiger partial charge in [-0.3, -0.25) is 4.79 Å². The van der Waals surface area contributed by atoms with Crippen LogP contribution in [-0.2, 0) is 17.6 Å². The van der Waals surface area contributed by atoms with Crippen LogP contribution in [0.4, 0.5) is 0 Å². The molecular weight excluding hydrogens is 228 g/mol. The average molecular weight is 246 g/mol. The molecule has 2 N–H and O–H groups in total. The highest BCUT2D eigenvalue weighted by molar-refractivity contribution is 5.94. The molecule has 0 saturated carbocycles. The highest BCUT2D eigenvalue weighted by Gasteiger charge is 2.22. The van der Waals surface area contributed by atoms with Gasteiger partial charge >= 0.3 is 0 Å². The van der Waals surface area contributed by atoms with Gasteiger partial charge in [-0.05, 0) is 36.1 Å². The molecule has 96 valence electrons. The summed E-state index contributed by atoms with van der Waals surface area (Å²) in [6.07, 6.45) is 1.82. The molecule has 4 heteroatoms. The smallest absolute Gasteiger partial charge is 0.254 e. The van der Waals surface area contributed by atoms with Gasteiger partial charge in [0.05, 0.1) is 13.2 Å². The number of hydrogen-bond acceptors (Lipinski definition) is 3. The number of fused-ring (bicyclic) bond motifs is 1. The maximum atomic E-state index is 12.3. The molecule has 1 aliphatic carbocycles. The van der Waals surface area contributed by atoms with Crippen molar-refractivity contribution in [2.75, 3.05) is 26.3 Å². The van der Waals surface area contributed by atoms with Crippen molar-refractivity contribution in [3.63, 3.8) is 0 Å². The Hall–Kier alpha value is -1.39. The zero-order valence-corrected chi connectivity index (χ0v) is 10.4. The first kappa shape index (κ1) is 11.7. The molecule has 1 aromatic carbocycles. The van der Waals surface area contributed by atoms with Gasteiger partial charge in [0.15, 0.2) is 0 Å². The zero-order chi connectivity index (χ0) is 12.5. The van der Waals surface area contributed by atoms with Crippen molar-refractivity contribution in [3.05, 3.63) is 34.9 Å². The molecule has 1 aliphatic heterocycles. The van der Waals surface area contributed by atoms with E-state index >= 15 is 0 Å². The summed E-state index contributed by atoms with van der Waals surface area (Å²) in [6, 6.07) is 6.21. The van der Waals surface area contributed by atoms with Crippen LogP contribution in [0.1, 0.15) is 21.5 Å². The topological polar surface area (TPSA) is 55.6 Å². The van der Waals surface area contributed by atoms with Crippen molar-refractivity contribution in [2.24, 2.45) is 5.73 Å². The summed E-state index contributed by atoms with van der Waals surface area (Å²) >= 11 is 0. The van der Waals surface area contributed by atoms with Gasteiger partial charge in [0.1, 0.15) is 0 Å². The largest absolute Gasteiger partial charge is 0.378 e. The first-order chi connectivity index (χ1) is 8.74. The van der Waals surface area contributed by atoms with E-state index in [9.17, 15) is 4.79 Å². The molecule has 0 radical (unpaired) electrons. The van der Waals surface area contributed by atoms with Crippen LogP contribution in [0.3, 0.4) is 0 Å². The van der Waals surface area contributed by atoms with Crippen molar-refractivity contribution < 1.29 is 9.53 Å².